The third-order valence-corrected chi connectivity index (χ3v) is 11.8. The fourth-order valence-electron chi connectivity index (χ4n) is 7.26. The van der Waals surface area contributed by atoms with Gasteiger partial charge in [-0.15, -0.1) is 0 Å². The monoisotopic (exact) mass is 608 g/mol. The van der Waals surface area contributed by atoms with Crippen LogP contribution in [0.2, 0.25) is 0 Å². The summed E-state index contributed by atoms with van der Waals surface area (Å²) in [4.78, 5) is 0. The Morgan fingerprint density at radius 2 is 0.957 bits per heavy atom. The van der Waals surface area contributed by atoms with Crippen LogP contribution in [0.15, 0.2) is 169 Å². The van der Waals surface area contributed by atoms with Crippen molar-refractivity contribution >= 4 is 62.1 Å². The van der Waals surface area contributed by atoms with Crippen molar-refractivity contribution < 1.29 is 0 Å². The lowest BCUT2D eigenvalue weighted by molar-refractivity contribution is 0.875. The maximum absolute atomic E-state index is 2.47. The summed E-state index contributed by atoms with van der Waals surface area (Å²) in [6.45, 7) is 0. The van der Waals surface area contributed by atoms with Crippen LogP contribution in [-0.2, 0) is 0 Å². The van der Waals surface area contributed by atoms with Gasteiger partial charge in [-0.2, -0.15) is 0 Å². The molecule has 1 unspecified atom stereocenters. The fraction of sp³-hybridized carbons (Fsp3) is 0.0698. The smallest absolute Gasteiger partial charge is 0.0548 e. The minimum absolute atomic E-state index is 0.626. The Labute approximate surface area is 270 Å². The first-order valence-corrected chi connectivity index (χ1v) is 17.5. The van der Waals surface area contributed by atoms with E-state index in [4.69, 9.17) is 0 Å². The molecule has 0 bridgehead atoms. The van der Waals surface area contributed by atoms with Crippen LogP contribution < -0.4 is 10.6 Å². The number of para-hydroxylation sites is 3. The van der Waals surface area contributed by atoms with E-state index in [0.29, 0.717) is 0 Å². The van der Waals surface area contributed by atoms with Crippen molar-refractivity contribution in [1.82, 2.24) is 9.13 Å². The molecule has 3 heteroatoms. The maximum atomic E-state index is 2.47. The van der Waals surface area contributed by atoms with E-state index in [-0.39, 0.29) is 0 Å². The molecule has 0 amide bonds. The number of aromatic nitrogens is 2. The highest BCUT2D eigenvalue weighted by molar-refractivity contribution is 7.77. The van der Waals surface area contributed by atoms with Crippen molar-refractivity contribution in [2.75, 3.05) is 0 Å². The molecule has 2 heterocycles. The van der Waals surface area contributed by atoms with Gasteiger partial charge in [0.15, 0.2) is 0 Å². The summed E-state index contributed by atoms with van der Waals surface area (Å²) >= 11 is 0. The standard InChI is InChI=1S/C43H33N2P/c1-2-8-18-33(17-7-1)46(34-19-9-4-10-20-34)35-27-25-32(26-28-35)45-41-24-14-12-22-37(41)39-29-42-38(30-43(39)45)36-21-11-13-23-40(36)44(42)31-15-5-3-6-16-31/h3-7,9-30H,1-2,8H2. The van der Waals surface area contributed by atoms with Gasteiger partial charge in [0, 0.05) is 32.9 Å². The summed E-state index contributed by atoms with van der Waals surface area (Å²) in [5.41, 5.74) is 7.30. The number of fused-ring (bicyclic) bond motifs is 6. The zero-order chi connectivity index (χ0) is 30.5. The Morgan fingerprint density at radius 1 is 0.435 bits per heavy atom. The van der Waals surface area contributed by atoms with Gasteiger partial charge in [0.25, 0.3) is 0 Å². The second-order valence-corrected chi connectivity index (χ2v) is 14.3. The average molecular weight is 609 g/mol. The van der Waals surface area contributed by atoms with Gasteiger partial charge in [-0.05, 0) is 91.6 Å². The van der Waals surface area contributed by atoms with Gasteiger partial charge in [0.1, 0.15) is 0 Å². The molecule has 8 aromatic rings. The maximum Gasteiger partial charge on any atom is 0.0548 e. The predicted octanol–water partition coefficient (Wildman–Crippen LogP) is 10.9. The highest BCUT2D eigenvalue weighted by atomic mass is 31.1. The Bertz CT molecular complexity index is 2430. The van der Waals surface area contributed by atoms with E-state index in [1.165, 1.54) is 77.3 Å². The highest BCUT2D eigenvalue weighted by Crippen LogP contribution is 2.45. The lowest BCUT2D eigenvalue weighted by Crippen LogP contribution is -2.13. The molecule has 9 rings (SSSR count). The molecule has 220 valence electrons. The Balaban J connectivity index is 1.25. The van der Waals surface area contributed by atoms with Crippen LogP contribution in [0.1, 0.15) is 19.3 Å². The number of rotatable bonds is 5. The second kappa shape index (κ2) is 11.3. The first-order valence-electron chi connectivity index (χ1n) is 16.2. The van der Waals surface area contributed by atoms with E-state index in [0.717, 1.165) is 12.8 Å². The largest absolute Gasteiger partial charge is 0.309 e. The van der Waals surface area contributed by atoms with Gasteiger partial charge < -0.3 is 9.13 Å². The first-order chi connectivity index (χ1) is 22.8. The number of benzene rings is 6. The van der Waals surface area contributed by atoms with Crippen LogP contribution in [-0.4, -0.2) is 9.13 Å². The van der Waals surface area contributed by atoms with Crippen molar-refractivity contribution in [2.45, 2.75) is 19.3 Å². The fourth-order valence-corrected chi connectivity index (χ4v) is 9.64. The van der Waals surface area contributed by atoms with E-state index < -0.39 is 7.92 Å². The summed E-state index contributed by atoms with van der Waals surface area (Å²) in [6, 6.07) is 53.6. The minimum Gasteiger partial charge on any atom is -0.309 e. The third-order valence-electron chi connectivity index (χ3n) is 9.34. The third kappa shape index (κ3) is 4.44. The van der Waals surface area contributed by atoms with E-state index >= 15 is 0 Å². The van der Waals surface area contributed by atoms with Crippen molar-refractivity contribution in [1.29, 1.82) is 0 Å². The van der Waals surface area contributed by atoms with Crippen molar-refractivity contribution in [3.8, 4) is 11.4 Å². The molecule has 0 radical (unpaired) electrons. The molecule has 6 aromatic carbocycles. The van der Waals surface area contributed by atoms with Gasteiger partial charge in [0.05, 0.1) is 22.1 Å². The Hall–Kier alpha value is -5.17. The summed E-state index contributed by atoms with van der Waals surface area (Å²) < 4.78 is 4.87. The van der Waals surface area contributed by atoms with Gasteiger partial charge in [-0.25, -0.2) is 0 Å². The molecular formula is C43H33N2P. The minimum atomic E-state index is -0.626. The molecule has 0 fully saturated rings. The number of allylic oxidation sites excluding steroid dienone is 4. The van der Waals surface area contributed by atoms with Gasteiger partial charge in [0.2, 0.25) is 0 Å². The van der Waals surface area contributed by atoms with Crippen molar-refractivity contribution in [3.05, 3.63) is 169 Å². The zero-order valence-corrected chi connectivity index (χ0v) is 26.4. The zero-order valence-electron chi connectivity index (χ0n) is 25.6. The molecule has 1 aliphatic rings. The van der Waals surface area contributed by atoms with Crippen LogP contribution in [0.5, 0.6) is 0 Å². The second-order valence-electron chi connectivity index (χ2n) is 12.1. The first kappa shape index (κ1) is 27.2. The van der Waals surface area contributed by atoms with E-state index in [1.54, 1.807) is 0 Å². The van der Waals surface area contributed by atoms with Crippen LogP contribution >= 0.6 is 7.92 Å². The summed E-state index contributed by atoms with van der Waals surface area (Å²) in [6.07, 6.45) is 10.7. The molecule has 46 heavy (non-hydrogen) atoms. The van der Waals surface area contributed by atoms with E-state index in [2.05, 4.69) is 173 Å². The topological polar surface area (TPSA) is 9.86 Å². The SMILES string of the molecule is C1=CC(P(c2ccccc2)c2ccc(-n3c4ccccc4c4cc5c(cc43)c3ccccc3n5-c3ccccc3)cc2)=CCCC1. The van der Waals surface area contributed by atoms with E-state index in [1.807, 2.05) is 0 Å². The molecule has 0 spiro atoms. The molecule has 1 aliphatic carbocycles. The molecule has 0 N–H and O–H groups in total. The predicted molar refractivity (Wildman–Crippen MR) is 199 cm³/mol. The van der Waals surface area contributed by atoms with Crippen LogP contribution in [0.3, 0.4) is 0 Å². The van der Waals surface area contributed by atoms with Gasteiger partial charge in [-0.1, -0.05) is 115 Å². The lowest BCUT2D eigenvalue weighted by Gasteiger charge is -2.21. The van der Waals surface area contributed by atoms with Crippen LogP contribution in [0.4, 0.5) is 0 Å². The van der Waals surface area contributed by atoms with E-state index in [9.17, 15) is 0 Å². The lowest BCUT2D eigenvalue weighted by atomic mass is 10.1. The molecule has 0 saturated carbocycles. The molecule has 1 atom stereocenters. The van der Waals surface area contributed by atoms with Crippen LogP contribution in [0, 0.1) is 0 Å². The quantitative estimate of drug-likeness (QED) is 0.172. The number of hydrogen-bond donors (Lipinski definition) is 0. The highest BCUT2D eigenvalue weighted by Gasteiger charge is 2.20. The van der Waals surface area contributed by atoms with Crippen molar-refractivity contribution in [3.63, 3.8) is 0 Å². The van der Waals surface area contributed by atoms with Crippen molar-refractivity contribution in [2.24, 2.45) is 0 Å². The normalized spacial score (nSPS) is 14.2. The average Bonchev–Trinajstić information content (AvgIpc) is 3.46. The Kier molecular flexibility index (Phi) is 6.69. The molecule has 0 aliphatic heterocycles. The number of nitrogens with zero attached hydrogens (tertiary/aromatic N) is 2. The molecule has 0 saturated heterocycles. The number of hydrogen-bond acceptors (Lipinski definition) is 0. The van der Waals surface area contributed by atoms with Gasteiger partial charge in [-0.3, -0.25) is 0 Å². The molecular weight excluding hydrogens is 575 g/mol. The summed E-state index contributed by atoms with van der Waals surface area (Å²) in [5.74, 6) is 0. The van der Waals surface area contributed by atoms with Gasteiger partial charge >= 0.3 is 0 Å². The summed E-state index contributed by atoms with van der Waals surface area (Å²) in [7, 11) is -0.626. The molecule has 2 nitrogen and oxygen atoms in total. The van der Waals surface area contributed by atoms with Crippen LogP contribution in [0.25, 0.3) is 55.0 Å². The Morgan fingerprint density at radius 3 is 1.59 bits per heavy atom. The summed E-state index contributed by atoms with van der Waals surface area (Å²) in [5, 5.41) is 9.33. The molecule has 2 aromatic heterocycles.